The summed E-state index contributed by atoms with van der Waals surface area (Å²) in [5.41, 5.74) is 1.69. The topological polar surface area (TPSA) is 109 Å². The molecule has 0 bridgehead atoms. The molecule has 2 heterocycles. The molecule has 0 saturated carbocycles. The molecule has 35 heavy (non-hydrogen) atoms. The average Bonchev–Trinajstić information content (AvgIpc) is 3.32. The molecule has 0 radical (unpaired) electrons. The van der Waals surface area contributed by atoms with Gasteiger partial charge in [0.15, 0.2) is 0 Å². The van der Waals surface area contributed by atoms with Gasteiger partial charge in [0.1, 0.15) is 11.5 Å². The zero-order valence-corrected chi connectivity index (χ0v) is 19.7. The maximum absolute atomic E-state index is 12.4. The molecule has 2 aromatic carbocycles. The Morgan fingerprint density at radius 2 is 1.83 bits per heavy atom. The Balaban J connectivity index is 1.38. The van der Waals surface area contributed by atoms with Crippen LogP contribution in [0.1, 0.15) is 12.7 Å². The molecule has 1 N–H and O–H groups in total. The number of halogens is 1. The van der Waals surface area contributed by atoms with Gasteiger partial charge in [0.05, 0.1) is 21.2 Å². The molecule has 4 rings (SSSR count). The third kappa shape index (κ3) is 5.70. The first-order valence-electron chi connectivity index (χ1n) is 10.9. The molecule has 1 aromatic heterocycles. The number of furan rings is 1. The largest absolute Gasteiger partial charge is 0.456 e. The van der Waals surface area contributed by atoms with Crippen LogP contribution < -0.4 is 10.2 Å². The van der Waals surface area contributed by atoms with Crippen LogP contribution in [0.25, 0.3) is 17.4 Å². The second-order valence-electron chi connectivity index (χ2n) is 7.96. The highest BCUT2D eigenvalue weighted by atomic mass is 35.5. The number of benzene rings is 2. The predicted octanol–water partition coefficient (Wildman–Crippen LogP) is 4.83. The Kier molecular flexibility index (Phi) is 7.17. The van der Waals surface area contributed by atoms with Gasteiger partial charge in [-0.3, -0.25) is 19.7 Å². The zero-order valence-electron chi connectivity index (χ0n) is 18.9. The Hall–Kier alpha value is -4.11. The summed E-state index contributed by atoms with van der Waals surface area (Å²) in [5, 5.41) is 14.5. The monoisotopic (exact) mass is 494 g/mol. The van der Waals surface area contributed by atoms with Gasteiger partial charge in [0.25, 0.3) is 5.69 Å². The lowest BCUT2D eigenvalue weighted by Gasteiger charge is -2.36. The number of carbonyl (C=O) groups excluding carboxylic acids is 2. The first-order chi connectivity index (χ1) is 16.8. The number of hydrogen-bond acceptors (Lipinski definition) is 6. The molecule has 1 saturated heterocycles. The number of nitro groups is 1. The van der Waals surface area contributed by atoms with Crippen molar-refractivity contribution in [3.05, 3.63) is 81.6 Å². The molecular formula is C25H23ClN4O5. The molecule has 1 aliphatic heterocycles. The number of rotatable bonds is 6. The summed E-state index contributed by atoms with van der Waals surface area (Å²) in [7, 11) is 0. The maximum Gasteiger partial charge on any atom is 0.280 e. The Bertz CT molecular complexity index is 1290. The minimum absolute atomic E-state index is 0.0591. The molecule has 0 unspecified atom stereocenters. The average molecular weight is 495 g/mol. The third-order valence-corrected chi connectivity index (χ3v) is 5.98. The van der Waals surface area contributed by atoms with Crippen molar-refractivity contribution < 1.29 is 18.9 Å². The fourth-order valence-electron chi connectivity index (χ4n) is 3.87. The lowest BCUT2D eigenvalue weighted by Crippen LogP contribution is -2.48. The van der Waals surface area contributed by atoms with Gasteiger partial charge in [-0.2, -0.15) is 0 Å². The van der Waals surface area contributed by atoms with Crippen LogP contribution in [0.4, 0.5) is 17.1 Å². The van der Waals surface area contributed by atoms with Crippen molar-refractivity contribution in [3.63, 3.8) is 0 Å². The van der Waals surface area contributed by atoms with E-state index in [1.54, 1.807) is 54.3 Å². The lowest BCUT2D eigenvalue weighted by atomic mass is 10.1. The predicted molar refractivity (Wildman–Crippen MR) is 134 cm³/mol. The summed E-state index contributed by atoms with van der Waals surface area (Å²) in [6.07, 6.45) is 2.79. The van der Waals surface area contributed by atoms with Gasteiger partial charge >= 0.3 is 0 Å². The van der Waals surface area contributed by atoms with Gasteiger partial charge in [-0.05, 0) is 42.5 Å². The van der Waals surface area contributed by atoms with Crippen LogP contribution in [0.15, 0.2) is 65.1 Å². The molecule has 1 aliphatic rings. The highest BCUT2D eigenvalue weighted by Gasteiger charge is 2.20. The number of amides is 2. The van der Waals surface area contributed by atoms with E-state index in [9.17, 15) is 19.7 Å². The van der Waals surface area contributed by atoms with Gasteiger partial charge in [0, 0.05) is 50.9 Å². The smallest absolute Gasteiger partial charge is 0.280 e. The van der Waals surface area contributed by atoms with Gasteiger partial charge in [-0.25, -0.2) is 0 Å². The summed E-state index contributed by atoms with van der Waals surface area (Å²) in [4.78, 5) is 38.6. The van der Waals surface area contributed by atoms with E-state index >= 15 is 0 Å². The Morgan fingerprint density at radius 1 is 1.09 bits per heavy atom. The number of nitrogens with one attached hydrogen (secondary N) is 1. The molecule has 3 aromatic rings. The fraction of sp³-hybridized carbons (Fsp3) is 0.200. The number of piperazine rings is 1. The van der Waals surface area contributed by atoms with Crippen molar-refractivity contribution in [1.82, 2.24) is 4.90 Å². The molecule has 1 fully saturated rings. The van der Waals surface area contributed by atoms with Gasteiger partial charge in [0.2, 0.25) is 11.8 Å². The Labute approximate surface area is 206 Å². The van der Waals surface area contributed by atoms with Crippen molar-refractivity contribution in [2.45, 2.75) is 6.92 Å². The molecule has 0 aliphatic carbocycles. The Morgan fingerprint density at radius 3 is 2.51 bits per heavy atom. The molecule has 2 amide bonds. The minimum Gasteiger partial charge on any atom is -0.456 e. The summed E-state index contributed by atoms with van der Waals surface area (Å²) < 4.78 is 5.66. The first-order valence-corrected chi connectivity index (χ1v) is 11.3. The quantitative estimate of drug-likeness (QED) is 0.298. The molecule has 180 valence electrons. The van der Waals surface area contributed by atoms with E-state index in [-0.39, 0.29) is 17.5 Å². The molecular weight excluding hydrogens is 472 g/mol. The number of para-hydroxylation sites is 1. The molecule has 10 heteroatoms. The van der Waals surface area contributed by atoms with Gasteiger partial charge in [-0.15, -0.1) is 0 Å². The third-order valence-electron chi connectivity index (χ3n) is 5.67. The second-order valence-corrected chi connectivity index (χ2v) is 8.37. The second kappa shape index (κ2) is 10.4. The summed E-state index contributed by atoms with van der Waals surface area (Å²) in [6.45, 7) is 4.22. The van der Waals surface area contributed by atoms with Crippen LogP contribution in [0.2, 0.25) is 5.02 Å². The van der Waals surface area contributed by atoms with Gasteiger partial charge < -0.3 is 19.5 Å². The number of nitrogens with zero attached hydrogens (tertiary/aromatic N) is 3. The highest BCUT2D eigenvalue weighted by molar-refractivity contribution is 6.33. The van der Waals surface area contributed by atoms with Crippen LogP contribution in [-0.4, -0.2) is 47.8 Å². The molecule has 9 nitrogen and oxygen atoms in total. The van der Waals surface area contributed by atoms with Crippen molar-refractivity contribution in [2.75, 3.05) is 36.4 Å². The SMILES string of the molecule is CC(=O)N1CCN(c2ccc(NC(=O)C=Cc3ccc(-c4ccccc4[N+](=O)[O-])o3)cc2Cl)CC1. The van der Waals surface area contributed by atoms with E-state index < -0.39 is 4.92 Å². The van der Waals surface area contributed by atoms with Crippen LogP contribution in [0.3, 0.4) is 0 Å². The van der Waals surface area contributed by atoms with Crippen LogP contribution >= 0.6 is 11.6 Å². The van der Waals surface area contributed by atoms with Crippen LogP contribution in [-0.2, 0) is 9.59 Å². The summed E-state index contributed by atoms with van der Waals surface area (Å²) in [5.74, 6) is 0.400. The van der Waals surface area contributed by atoms with E-state index in [4.69, 9.17) is 16.0 Å². The maximum atomic E-state index is 12.4. The summed E-state index contributed by atoms with van der Waals surface area (Å²) in [6, 6.07) is 14.8. The molecule has 0 spiro atoms. The minimum atomic E-state index is -0.469. The normalized spacial score (nSPS) is 13.8. The zero-order chi connectivity index (χ0) is 24.9. The van der Waals surface area contributed by atoms with Crippen LogP contribution in [0.5, 0.6) is 0 Å². The first kappa shape index (κ1) is 24.0. The van der Waals surface area contributed by atoms with E-state index in [0.29, 0.717) is 54.0 Å². The van der Waals surface area contributed by atoms with E-state index in [0.717, 1.165) is 5.69 Å². The number of hydrogen-bond donors (Lipinski definition) is 1. The number of anilines is 2. The number of carbonyl (C=O) groups is 2. The van der Waals surface area contributed by atoms with E-state index in [1.807, 2.05) is 6.07 Å². The lowest BCUT2D eigenvalue weighted by molar-refractivity contribution is -0.384. The fourth-order valence-corrected chi connectivity index (χ4v) is 4.17. The van der Waals surface area contributed by atoms with Crippen molar-refractivity contribution in [1.29, 1.82) is 0 Å². The van der Waals surface area contributed by atoms with E-state index in [2.05, 4.69) is 10.2 Å². The molecule has 0 atom stereocenters. The van der Waals surface area contributed by atoms with Crippen molar-refractivity contribution in [3.8, 4) is 11.3 Å². The van der Waals surface area contributed by atoms with Crippen molar-refractivity contribution >= 4 is 46.6 Å². The van der Waals surface area contributed by atoms with Crippen molar-refractivity contribution in [2.24, 2.45) is 0 Å². The standard InChI is InChI=1S/C25H23ClN4O5/c1-17(31)28-12-14-29(15-13-28)23-9-6-18(16-21(23)26)27-25(32)11-8-19-7-10-24(35-19)20-4-2-3-5-22(20)30(33)34/h2-11,16H,12-15H2,1H3,(H,27,32). The highest BCUT2D eigenvalue weighted by Crippen LogP contribution is 2.32. The summed E-state index contributed by atoms with van der Waals surface area (Å²) >= 11 is 6.46. The number of nitro benzene ring substituents is 1. The van der Waals surface area contributed by atoms with E-state index in [1.165, 1.54) is 18.2 Å². The van der Waals surface area contributed by atoms with Crippen LogP contribution in [0, 0.1) is 10.1 Å². The van der Waals surface area contributed by atoms with Gasteiger partial charge in [-0.1, -0.05) is 23.7 Å².